The second-order valence-electron chi connectivity index (χ2n) is 4.75. The highest BCUT2D eigenvalue weighted by Gasteiger charge is 2.06. The normalized spacial score (nSPS) is 11.1. The molecule has 18 heavy (non-hydrogen) atoms. The molecular weight excluding hydrogens is 230 g/mol. The third-order valence-corrected chi connectivity index (χ3v) is 2.05. The Morgan fingerprint density at radius 2 is 1.94 bits per heavy atom. The number of aryl methyl sites for hydroxylation is 1. The van der Waals surface area contributed by atoms with E-state index in [2.05, 4.69) is 29.1 Å². The van der Waals surface area contributed by atoms with Crippen LogP contribution in [0.4, 0.5) is 0 Å². The summed E-state index contributed by atoms with van der Waals surface area (Å²) in [5.74, 6) is 0.560. The lowest BCUT2D eigenvalue weighted by atomic mass is 10.4. The molecule has 0 fully saturated rings. The zero-order valence-corrected chi connectivity index (χ0v) is 11.9. The van der Waals surface area contributed by atoms with E-state index < -0.39 is 0 Å². The lowest BCUT2D eigenvalue weighted by molar-refractivity contribution is 0.222. The predicted molar refractivity (Wildman–Crippen MR) is 71.2 cm³/mol. The molecule has 0 atom stereocenters. The molecule has 1 heterocycles. The van der Waals surface area contributed by atoms with Crippen LogP contribution in [0.2, 0.25) is 0 Å². The van der Waals surface area contributed by atoms with Crippen molar-refractivity contribution in [2.75, 3.05) is 13.2 Å². The summed E-state index contributed by atoms with van der Waals surface area (Å²) in [5, 5.41) is 3.27. The number of hydrogen-bond donors (Lipinski definition) is 1. The monoisotopic (exact) mass is 253 g/mol. The first-order valence-electron chi connectivity index (χ1n) is 6.36. The molecule has 1 aromatic rings. The van der Waals surface area contributed by atoms with Crippen LogP contribution in [-0.4, -0.2) is 35.3 Å². The van der Waals surface area contributed by atoms with E-state index in [0.29, 0.717) is 24.5 Å². The molecule has 1 rings (SSSR count). The van der Waals surface area contributed by atoms with Crippen molar-refractivity contribution >= 4 is 0 Å². The van der Waals surface area contributed by atoms with E-state index >= 15 is 0 Å². The van der Waals surface area contributed by atoms with Crippen molar-refractivity contribution in [2.24, 2.45) is 0 Å². The highest BCUT2D eigenvalue weighted by molar-refractivity contribution is 5.17. The van der Waals surface area contributed by atoms with Gasteiger partial charge in [-0.1, -0.05) is 13.8 Å². The Kier molecular flexibility index (Phi) is 5.85. The third kappa shape index (κ3) is 5.82. The Morgan fingerprint density at radius 1 is 1.22 bits per heavy atom. The Balaban J connectivity index is 2.51. The van der Waals surface area contributed by atoms with Crippen molar-refractivity contribution < 1.29 is 9.47 Å². The summed E-state index contributed by atoms with van der Waals surface area (Å²) in [4.78, 5) is 8.42. The topological polar surface area (TPSA) is 56.3 Å². The van der Waals surface area contributed by atoms with Gasteiger partial charge in [-0.15, -0.1) is 0 Å². The summed E-state index contributed by atoms with van der Waals surface area (Å²) in [6.07, 6.45) is 0.0924. The number of hydrogen-bond acceptors (Lipinski definition) is 5. The van der Waals surface area contributed by atoms with Gasteiger partial charge in [-0.05, 0) is 20.8 Å². The van der Waals surface area contributed by atoms with E-state index in [1.807, 2.05) is 20.8 Å². The van der Waals surface area contributed by atoms with Crippen molar-refractivity contribution in [1.29, 1.82) is 0 Å². The number of rotatable bonds is 7. The molecule has 0 aliphatic rings. The molecule has 0 bridgehead atoms. The zero-order valence-electron chi connectivity index (χ0n) is 11.9. The van der Waals surface area contributed by atoms with E-state index in [1.54, 1.807) is 6.07 Å². The Hall–Kier alpha value is -1.36. The van der Waals surface area contributed by atoms with Crippen LogP contribution in [0.15, 0.2) is 6.07 Å². The minimum atomic E-state index is 0.0924. The molecular formula is C13H23N3O2. The van der Waals surface area contributed by atoms with Crippen molar-refractivity contribution in [3.8, 4) is 11.9 Å². The maximum Gasteiger partial charge on any atom is 0.319 e. The van der Waals surface area contributed by atoms with E-state index in [4.69, 9.17) is 9.47 Å². The number of nitrogens with zero attached hydrogens (tertiary/aromatic N) is 2. The van der Waals surface area contributed by atoms with Crippen molar-refractivity contribution in [1.82, 2.24) is 15.3 Å². The first kappa shape index (κ1) is 14.7. The average molecular weight is 253 g/mol. The molecule has 0 radical (unpaired) electrons. The van der Waals surface area contributed by atoms with Crippen LogP contribution >= 0.6 is 0 Å². The van der Waals surface area contributed by atoms with Gasteiger partial charge in [0, 0.05) is 24.3 Å². The Labute approximate surface area is 109 Å². The van der Waals surface area contributed by atoms with Gasteiger partial charge < -0.3 is 14.8 Å². The van der Waals surface area contributed by atoms with Gasteiger partial charge in [0.05, 0.1) is 6.10 Å². The number of aromatic nitrogens is 2. The number of ether oxygens (including phenoxy) is 2. The summed E-state index contributed by atoms with van der Waals surface area (Å²) in [6.45, 7) is 11.3. The molecule has 1 N–H and O–H groups in total. The van der Waals surface area contributed by atoms with Crippen LogP contribution in [0.3, 0.4) is 0 Å². The summed E-state index contributed by atoms with van der Waals surface area (Å²) in [7, 11) is 0. The average Bonchev–Trinajstić information content (AvgIpc) is 2.22. The molecule has 0 saturated carbocycles. The highest BCUT2D eigenvalue weighted by atomic mass is 16.5. The van der Waals surface area contributed by atoms with Crippen molar-refractivity contribution in [3.05, 3.63) is 11.8 Å². The molecule has 0 aliphatic heterocycles. The fourth-order valence-electron chi connectivity index (χ4n) is 1.37. The number of nitrogens with one attached hydrogen (secondary N) is 1. The minimum Gasteiger partial charge on any atom is -0.475 e. The molecule has 0 aromatic carbocycles. The van der Waals surface area contributed by atoms with Gasteiger partial charge >= 0.3 is 6.01 Å². The van der Waals surface area contributed by atoms with Gasteiger partial charge in [0.2, 0.25) is 5.88 Å². The smallest absolute Gasteiger partial charge is 0.319 e. The SMILES string of the molecule is Cc1cc(OC(C)C)nc(OCCNC(C)C)n1. The summed E-state index contributed by atoms with van der Waals surface area (Å²) < 4.78 is 11.0. The maximum absolute atomic E-state index is 5.53. The Bertz CT molecular complexity index is 367. The van der Waals surface area contributed by atoms with Crippen LogP contribution in [0.25, 0.3) is 0 Å². The van der Waals surface area contributed by atoms with Gasteiger partial charge in [-0.2, -0.15) is 4.98 Å². The van der Waals surface area contributed by atoms with Gasteiger partial charge in [-0.25, -0.2) is 4.98 Å². The molecule has 0 saturated heterocycles. The second-order valence-corrected chi connectivity index (χ2v) is 4.75. The fourth-order valence-corrected chi connectivity index (χ4v) is 1.37. The van der Waals surface area contributed by atoms with Crippen molar-refractivity contribution in [2.45, 2.75) is 46.8 Å². The highest BCUT2D eigenvalue weighted by Crippen LogP contribution is 2.14. The molecule has 1 aromatic heterocycles. The summed E-state index contributed by atoms with van der Waals surface area (Å²) >= 11 is 0. The second kappa shape index (κ2) is 7.16. The quantitative estimate of drug-likeness (QED) is 0.753. The van der Waals surface area contributed by atoms with Crippen LogP contribution in [0.1, 0.15) is 33.4 Å². The zero-order chi connectivity index (χ0) is 13.5. The molecule has 0 unspecified atom stereocenters. The first-order chi connectivity index (χ1) is 8.47. The van der Waals surface area contributed by atoms with E-state index in [-0.39, 0.29) is 6.10 Å². The lowest BCUT2D eigenvalue weighted by Crippen LogP contribution is -2.27. The largest absolute Gasteiger partial charge is 0.475 e. The predicted octanol–water partition coefficient (Wildman–Crippen LogP) is 1.95. The van der Waals surface area contributed by atoms with Crippen LogP contribution in [-0.2, 0) is 0 Å². The Morgan fingerprint density at radius 3 is 2.56 bits per heavy atom. The van der Waals surface area contributed by atoms with Crippen LogP contribution < -0.4 is 14.8 Å². The van der Waals surface area contributed by atoms with E-state index in [9.17, 15) is 0 Å². The lowest BCUT2D eigenvalue weighted by Gasteiger charge is -2.12. The van der Waals surface area contributed by atoms with Gasteiger partial charge in [0.25, 0.3) is 0 Å². The molecule has 0 aliphatic carbocycles. The third-order valence-electron chi connectivity index (χ3n) is 2.05. The fraction of sp³-hybridized carbons (Fsp3) is 0.692. The van der Waals surface area contributed by atoms with Crippen LogP contribution in [0, 0.1) is 6.92 Å². The maximum atomic E-state index is 5.53. The first-order valence-corrected chi connectivity index (χ1v) is 6.36. The van der Waals surface area contributed by atoms with E-state index in [1.165, 1.54) is 0 Å². The van der Waals surface area contributed by atoms with Gasteiger partial charge in [0.15, 0.2) is 0 Å². The molecule has 5 nitrogen and oxygen atoms in total. The molecule has 5 heteroatoms. The van der Waals surface area contributed by atoms with Crippen molar-refractivity contribution in [3.63, 3.8) is 0 Å². The van der Waals surface area contributed by atoms with Crippen LogP contribution in [0.5, 0.6) is 11.9 Å². The standard InChI is InChI=1S/C13H23N3O2/c1-9(2)14-6-7-17-13-15-11(5)8-12(16-13)18-10(3)4/h8-10,14H,6-7H2,1-5H3. The van der Waals surface area contributed by atoms with E-state index in [0.717, 1.165) is 12.2 Å². The molecule has 102 valence electrons. The molecule has 0 amide bonds. The van der Waals surface area contributed by atoms with Gasteiger partial charge in [0.1, 0.15) is 6.61 Å². The van der Waals surface area contributed by atoms with Gasteiger partial charge in [-0.3, -0.25) is 0 Å². The minimum absolute atomic E-state index is 0.0924. The molecule has 0 spiro atoms. The summed E-state index contributed by atoms with van der Waals surface area (Å²) in [5.41, 5.74) is 0.840. The summed E-state index contributed by atoms with van der Waals surface area (Å²) in [6, 6.07) is 2.63.